The van der Waals surface area contributed by atoms with Gasteiger partial charge in [0, 0.05) is 10.9 Å². The standard InChI is InChI=1S/C14H12BrClN2O2/c15-11-3-1-2-9(5-11)4-10(14(19)20)6-12-7-18-13(16)8-17-12/h1-3,5,7-8,10H,4,6H2,(H,19,20). The van der Waals surface area contributed by atoms with Crippen molar-refractivity contribution in [1.82, 2.24) is 9.97 Å². The summed E-state index contributed by atoms with van der Waals surface area (Å²) in [6, 6.07) is 7.63. The first kappa shape index (κ1) is 14.9. The van der Waals surface area contributed by atoms with Gasteiger partial charge < -0.3 is 5.11 Å². The van der Waals surface area contributed by atoms with Crippen molar-refractivity contribution in [2.75, 3.05) is 0 Å². The second-order valence-electron chi connectivity index (χ2n) is 4.40. The quantitative estimate of drug-likeness (QED) is 0.893. The third kappa shape index (κ3) is 4.28. The molecule has 0 radical (unpaired) electrons. The number of carbonyl (C=O) groups is 1. The lowest BCUT2D eigenvalue weighted by molar-refractivity contribution is -0.141. The van der Waals surface area contributed by atoms with E-state index in [2.05, 4.69) is 25.9 Å². The zero-order chi connectivity index (χ0) is 14.5. The molecule has 4 nitrogen and oxygen atoms in total. The zero-order valence-electron chi connectivity index (χ0n) is 10.5. The summed E-state index contributed by atoms with van der Waals surface area (Å²) in [5, 5.41) is 9.63. The van der Waals surface area contributed by atoms with E-state index in [1.54, 1.807) is 0 Å². The molecule has 0 saturated carbocycles. The molecule has 1 N–H and O–H groups in total. The van der Waals surface area contributed by atoms with Crippen molar-refractivity contribution in [3.8, 4) is 0 Å². The number of aliphatic carboxylic acids is 1. The van der Waals surface area contributed by atoms with Gasteiger partial charge in [-0.1, -0.05) is 39.7 Å². The minimum absolute atomic E-state index is 0.299. The van der Waals surface area contributed by atoms with Crippen LogP contribution in [0, 0.1) is 5.92 Å². The molecule has 1 unspecified atom stereocenters. The van der Waals surface area contributed by atoms with Gasteiger partial charge in [0.2, 0.25) is 0 Å². The van der Waals surface area contributed by atoms with E-state index in [-0.39, 0.29) is 0 Å². The molecule has 0 aliphatic rings. The molecular formula is C14H12BrClN2O2. The van der Waals surface area contributed by atoms with E-state index in [4.69, 9.17) is 11.6 Å². The number of hydrogen-bond donors (Lipinski definition) is 1. The molecule has 0 saturated heterocycles. The lowest BCUT2D eigenvalue weighted by Gasteiger charge is -2.12. The maximum Gasteiger partial charge on any atom is 0.307 e. The molecule has 0 fully saturated rings. The highest BCUT2D eigenvalue weighted by Crippen LogP contribution is 2.18. The number of halogens is 2. The second-order valence-corrected chi connectivity index (χ2v) is 5.71. The van der Waals surface area contributed by atoms with Crippen LogP contribution in [-0.4, -0.2) is 21.0 Å². The Kier molecular flexibility index (Phi) is 5.09. The molecular weight excluding hydrogens is 344 g/mol. The fraction of sp³-hybridized carbons (Fsp3) is 0.214. The van der Waals surface area contributed by atoms with Crippen molar-refractivity contribution >= 4 is 33.5 Å². The van der Waals surface area contributed by atoms with E-state index >= 15 is 0 Å². The summed E-state index contributed by atoms with van der Waals surface area (Å²) >= 11 is 9.04. The number of aromatic nitrogens is 2. The Labute approximate surface area is 130 Å². The van der Waals surface area contributed by atoms with Gasteiger partial charge in [0.15, 0.2) is 0 Å². The van der Waals surface area contributed by atoms with Crippen molar-refractivity contribution in [2.24, 2.45) is 5.92 Å². The van der Waals surface area contributed by atoms with E-state index < -0.39 is 11.9 Å². The fourth-order valence-electron chi connectivity index (χ4n) is 1.89. The predicted molar refractivity (Wildman–Crippen MR) is 79.7 cm³/mol. The largest absolute Gasteiger partial charge is 0.481 e. The van der Waals surface area contributed by atoms with Crippen molar-refractivity contribution < 1.29 is 9.90 Å². The second kappa shape index (κ2) is 6.81. The van der Waals surface area contributed by atoms with Gasteiger partial charge >= 0.3 is 5.97 Å². The average Bonchev–Trinajstić information content (AvgIpc) is 2.40. The highest BCUT2D eigenvalue weighted by atomic mass is 79.9. The Morgan fingerprint density at radius 3 is 2.70 bits per heavy atom. The molecule has 1 heterocycles. The first-order valence-corrected chi connectivity index (χ1v) is 7.15. The van der Waals surface area contributed by atoms with Crippen LogP contribution >= 0.6 is 27.5 Å². The fourth-order valence-corrected chi connectivity index (χ4v) is 2.44. The SMILES string of the molecule is O=C(O)C(Cc1cccc(Br)c1)Cc1cnc(Cl)cn1. The molecule has 0 amide bonds. The van der Waals surface area contributed by atoms with Crippen molar-refractivity contribution in [1.29, 1.82) is 0 Å². The van der Waals surface area contributed by atoms with Crippen LogP contribution in [0.1, 0.15) is 11.3 Å². The van der Waals surface area contributed by atoms with Gasteiger partial charge in [0.1, 0.15) is 5.15 Å². The summed E-state index contributed by atoms with van der Waals surface area (Å²) in [5.41, 5.74) is 1.59. The topological polar surface area (TPSA) is 63.1 Å². The van der Waals surface area contributed by atoms with Gasteiger partial charge in [-0.3, -0.25) is 9.78 Å². The molecule has 2 aromatic rings. The molecule has 20 heavy (non-hydrogen) atoms. The molecule has 1 aromatic carbocycles. The van der Waals surface area contributed by atoms with Crippen LogP contribution in [-0.2, 0) is 17.6 Å². The summed E-state index contributed by atoms with van der Waals surface area (Å²) in [5.74, 6) is -1.39. The van der Waals surface area contributed by atoms with Gasteiger partial charge in [-0.05, 0) is 24.1 Å². The summed E-state index contributed by atoms with van der Waals surface area (Å²) in [4.78, 5) is 19.4. The minimum atomic E-state index is -0.846. The predicted octanol–water partition coefficient (Wildman–Crippen LogP) is 3.38. The summed E-state index contributed by atoms with van der Waals surface area (Å²) in [6.45, 7) is 0. The van der Waals surface area contributed by atoms with E-state index in [0.29, 0.717) is 23.7 Å². The van der Waals surface area contributed by atoms with Crippen LogP contribution in [0.4, 0.5) is 0 Å². The van der Waals surface area contributed by atoms with Crippen LogP contribution in [0.15, 0.2) is 41.1 Å². The van der Waals surface area contributed by atoms with Crippen molar-refractivity contribution in [3.05, 3.63) is 57.5 Å². The number of nitrogens with zero attached hydrogens (tertiary/aromatic N) is 2. The molecule has 0 aliphatic carbocycles. The van der Waals surface area contributed by atoms with Gasteiger partial charge in [-0.15, -0.1) is 0 Å². The van der Waals surface area contributed by atoms with E-state index in [1.807, 2.05) is 24.3 Å². The lowest BCUT2D eigenvalue weighted by atomic mass is 9.95. The third-order valence-electron chi connectivity index (χ3n) is 2.85. The molecule has 0 spiro atoms. The number of hydrogen-bond acceptors (Lipinski definition) is 3. The highest BCUT2D eigenvalue weighted by molar-refractivity contribution is 9.10. The molecule has 6 heteroatoms. The number of carboxylic acids is 1. The van der Waals surface area contributed by atoms with Gasteiger partial charge in [0.25, 0.3) is 0 Å². The normalized spacial score (nSPS) is 12.1. The Morgan fingerprint density at radius 1 is 1.30 bits per heavy atom. The Morgan fingerprint density at radius 2 is 2.10 bits per heavy atom. The Balaban J connectivity index is 2.11. The number of benzene rings is 1. The molecule has 0 bridgehead atoms. The Hall–Kier alpha value is -1.46. The number of rotatable bonds is 5. The first-order chi connectivity index (χ1) is 9.54. The van der Waals surface area contributed by atoms with Gasteiger partial charge in [-0.2, -0.15) is 0 Å². The summed E-state index contributed by atoms with van der Waals surface area (Å²) in [6.07, 6.45) is 3.71. The molecule has 1 atom stereocenters. The van der Waals surface area contributed by atoms with Crippen molar-refractivity contribution in [3.63, 3.8) is 0 Å². The highest BCUT2D eigenvalue weighted by Gasteiger charge is 2.19. The molecule has 1 aromatic heterocycles. The summed E-state index contributed by atoms with van der Waals surface area (Å²) in [7, 11) is 0. The van der Waals surface area contributed by atoms with E-state index in [0.717, 1.165) is 10.0 Å². The number of carboxylic acid groups (broad SMARTS) is 1. The van der Waals surface area contributed by atoms with Crippen LogP contribution in [0.25, 0.3) is 0 Å². The molecule has 104 valence electrons. The van der Waals surface area contributed by atoms with E-state index in [1.165, 1.54) is 12.4 Å². The maximum absolute atomic E-state index is 11.4. The molecule has 2 rings (SSSR count). The monoisotopic (exact) mass is 354 g/mol. The van der Waals surface area contributed by atoms with Gasteiger partial charge in [-0.25, -0.2) is 4.98 Å². The van der Waals surface area contributed by atoms with Crippen LogP contribution in [0.3, 0.4) is 0 Å². The minimum Gasteiger partial charge on any atom is -0.481 e. The first-order valence-electron chi connectivity index (χ1n) is 5.98. The van der Waals surface area contributed by atoms with E-state index in [9.17, 15) is 9.90 Å². The Bertz CT molecular complexity index is 604. The average molecular weight is 356 g/mol. The maximum atomic E-state index is 11.4. The zero-order valence-corrected chi connectivity index (χ0v) is 12.8. The van der Waals surface area contributed by atoms with Crippen LogP contribution in [0.5, 0.6) is 0 Å². The van der Waals surface area contributed by atoms with Crippen LogP contribution < -0.4 is 0 Å². The van der Waals surface area contributed by atoms with Crippen LogP contribution in [0.2, 0.25) is 5.15 Å². The van der Waals surface area contributed by atoms with Gasteiger partial charge in [0.05, 0.1) is 24.0 Å². The molecule has 0 aliphatic heterocycles. The lowest BCUT2D eigenvalue weighted by Crippen LogP contribution is -2.19. The summed E-state index contributed by atoms with van der Waals surface area (Å²) < 4.78 is 0.936. The third-order valence-corrected chi connectivity index (χ3v) is 3.54. The van der Waals surface area contributed by atoms with Crippen molar-refractivity contribution in [2.45, 2.75) is 12.8 Å². The smallest absolute Gasteiger partial charge is 0.307 e.